The van der Waals surface area contributed by atoms with E-state index >= 15 is 0 Å². The molecule has 0 saturated carbocycles. The molecule has 2 aromatic carbocycles. The lowest BCUT2D eigenvalue weighted by Gasteiger charge is -2.10. The van der Waals surface area contributed by atoms with Crippen molar-refractivity contribution in [1.29, 1.82) is 0 Å². The molecule has 0 fully saturated rings. The van der Waals surface area contributed by atoms with Crippen molar-refractivity contribution in [3.05, 3.63) is 53.0 Å². The van der Waals surface area contributed by atoms with E-state index in [0.29, 0.717) is 13.2 Å². The molecule has 0 unspecified atom stereocenters. The van der Waals surface area contributed by atoms with E-state index in [1.807, 2.05) is 48.5 Å². The Labute approximate surface area is 121 Å². The number of rotatable bonds is 6. The van der Waals surface area contributed by atoms with Gasteiger partial charge in [-0.1, -0.05) is 18.2 Å². The summed E-state index contributed by atoms with van der Waals surface area (Å²) in [5, 5.41) is 0. The summed E-state index contributed by atoms with van der Waals surface area (Å²) in [6, 6.07) is 15.3. The minimum Gasteiger partial charge on any atom is -0.497 e. The van der Waals surface area contributed by atoms with Crippen LogP contribution in [0.2, 0.25) is 0 Å². The lowest BCUT2D eigenvalue weighted by molar-refractivity contribution is 0.216. The molecule has 0 saturated heterocycles. The minimum atomic E-state index is 0.486. The molecule has 0 spiro atoms. The van der Waals surface area contributed by atoms with Gasteiger partial charge < -0.3 is 14.2 Å². The summed E-state index contributed by atoms with van der Waals surface area (Å²) in [5.41, 5.74) is 0. The number of methoxy groups -OCH3 is 1. The highest BCUT2D eigenvalue weighted by Crippen LogP contribution is 2.28. The highest BCUT2D eigenvalue weighted by molar-refractivity contribution is 9.10. The summed E-state index contributed by atoms with van der Waals surface area (Å²) in [6.07, 6.45) is 0. The highest BCUT2D eigenvalue weighted by Gasteiger charge is 2.03. The summed E-state index contributed by atoms with van der Waals surface area (Å²) in [4.78, 5) is 0. The lowest BCUT2D eigenvalue weighted by atomic mass is 10.3. The Morgan fingerprint density at radius 2 is 1.63 bits per heavy atom. The monoisotopic (exact) mass is 322 g/mol. The van der Waals surface area contributed by atoms with Crippen molar-refractivity contribution < 1.29 is 14.2 Å². The van der Waals surface area contributed by atoms with Gasteiger partial charge in [-0.2, -0.15) is 0 Å². The van der Waals surface area contributed by atoms with Gasteiger partial charge in [0.05, 0.1) is 11.6 Å². The summed E-state index contributed by atoms with van der Waals surface area (Å²) in [6.45, 7) is 0.988. The highest BCUT2D eigenvalue weighted by atomic mass is 79.9. The molecular formula is C15H15BrO3. The molecule has 0 atom stereocenters. The van der Waals surface area contributed by atoms with Gasteiger partial charge in [-0.05, 0) is 46.3 Å². The Hall–Kier alpha value is -1.68. The maximum atomic E-state index is 5.63. The van der Waals surface area contributed by atoms with E-state index in [4.69, 9.17) is 14.2 Å². The van der Waals surface area contributed by atoms with Gasteiger partial charge in [0.2, 0.25) is 0 Å². The van der Waals surface area contributed by atoms with Gasteiger partial charge in [0.1, 0.15) is 30.5 Å². The molecule has 0 aliphatic carbocycles. The average molecular weight is 323 g/mol. The lowest BCUT2D eigenvalue weighted by Crippen LogP contribution is -2.09. The van der Waals surface area contributed by atoms with Crippen LogP contribution in [0.4, 0.5) is 0 Å². The van der Waals surface area contributed by atoms with Crippen LogP contribution >= 0.6 is 15.9 Å². The Morgan fingerprint density at radius 1 is 0.895 bits per heavy atom. The smallest absolute Gasteiger partial charge is 0.133 e. The molecule has 0 aliphatic heterocycles. The van der Waals surface area contributed by atoms with Gasteiger partial charge >= 0.3 is 0 Å². The Morgan fingerprint density at radius 3 is 2.32 bits per heavy atom. The SMILES string of the molecule is COc1ccc(OCCOc2ccccc2)c(Br)c1. The summed E-state index contributed by atoms with van der Waals surface area (Å²) < 4.78 is 17.2. The molecule has 0 amide bonds. The molecule has 0 bridgehead atoms. The standard InChI is InChI=1S/C15H15BrO3/c1-17-13-7-8-15(14(16)11-13)19-10-9-18-12-5-3-2-4-6-12/h2-8,11H,9-10H2,1H3. The van der Waals surface area contributed by atoms with Crippen molar-refractivity contribution >= 4 is 15.9 Å². The molecule has 19 heavy (non-hydrogen) atoms. The van der Waals surface area contributed by atoms with Crippen LogP contribution in [-0.4, -0.2) is 20.3 Å². The molecular weight excluding hydrogens is 308 g/mol. The van der Waals surface area contributed by atoms with Crippen molar-refractivity contribution in [1.82, 2.24) is 0 Å². The van der Waals surface area contributed by atoms with E-state index in [1.54, 1.807) is 7.11 Å². The maximum Gasteiger partial charge on any atom is 0.133 e. The molecule has 2 rings (SSSR count). The van der Waals surface area contributed by atoms with Gasteiger partial charge in [0.15, 0.2) is 0 Å². The van der Waals surface area contributed by atoms with E-state index in [2.05, 4.69) is 15.9 Å². The first kappa shape index (κ1) is 13.7. The predicted octanol–water partition coefficient (Wildman–Crippen LogP) is 3.92. The van der Waals surface area contributed by atoms with E-state index in [1.165, 1.54) is 0 Å². The zero-order valence-electron chi connectivity index (χ0n) is 10.6. The molecule has 4 heteroatoms. The van der Waals surface area contributed by atoms with Crippen LogP contribution in [0.15, 0.2) is 53.0 Å². The summed E-state index contributed by atoms with van der Waals surface area (Å²) in [5.74, 6) is 2.41. The fourth-order valence-electron chi connectivity index (χ4n) is 1.55. The number of ether oxygens (including phenoxy) is 3. The van der Waals surface area contributed by atoms with Crippen molar-refractivity contribution in [3.63, 3.8) is 0 Å². The molecule has 100 valence electrons. The molecule has 0 aliphatic rings. The molecule has 0 aromatic heterocycles. The van der Waals surface area contributed by atoms with Gasteiger partial charge in [-0.25, -0.2) is 0 Å². The second-order valence-electron chi connectivity index (χ2n) is 3.81. The molecule has 2 aromatic rings. The van der Waals surface area contributed by atoms with Crippen LogP contribution in [0.5, 0.6) is 17.2 Å². The van der Waals surface area contributed by atoms with E-state index in [0.717, 1.165) is 21.7 Å². The first-order valence-electron chi connectivity index (χ1n) is 5.94. The van der Waals surface area contributed by atoms with E-state index in [-0.39, 0.29) is 0 Å². The third-order valence-corrected chi connectivity index (χ3v) is 3.11. The molecule has 0 N–H and O–H groups in total. The second kappa shape index (κ2) is 7.04. The van der Waals surface area contributed by atoms with Crippen molar-refractivity contribution in [2.24, 2.45) is 0 Å². The van der Waals surface area contributed by atoms with Crippen molar-refractivity contribution in [2.45, 2.75) is 0 Å². The second-order valence-corrected chi connectivity index (χ2v) is 4.66. The summed E-state index contributed by atoms with van der Waals surface area (Å²) in [7, 11) is 1.63. The van der Waals surface area contributed by atoms with Gasteiger partial charge in [-0.3, -0.25) is 0 Å². The first-order chi connectivity index (χ1) is 9.29. The zero-order chi connectivity index (χ0) is 13.5. The van der Waals surface area contributed by atoms with Gasteiger partial charge in [-0.15, -0.1) is 0 Å². The predicted molar refractivity (Wildman–Crippen MR) is 78.1 cm³/mol. The Balaban J connectivity index is 1.80. The number of hydrogen-bond donors (Lipinski definition) is 0. The number of para-hydroxylation sites is 1. The number of hydrogen-bond acceptors (Lipinski definition) is 3. The first-order valence-corrected chi connectivity index (χ1v) is 6.73. The average Bonchev–Trinajstić information content (AvgIpc) is 2.46. The van der Waals surface area contributed by atoms with Gasteiger partial charge in [0, 0.05) is 0 Å². The minimum absolute atomic E-state index is 0.486. The fourth-order valence-corrected chi connectivity index (χ4v) is 2.03. The third kappa shape index (κ3) is 4.17. The van der Waals surface area contributed by atoms with Crippen molar-refractivity contribution in [2.75, 3.05) is 20.3 Å². The molecule has 0 radical (unpaired) electrons. The Bertz CT molecular complexity index is 514. The van der Waals surface area contributed by atoms with Gasteiger partial charge in [0.25, 0.3) is 0 Å². The normalized spacial score (nSPS) is 10.0. The van der Waals surface area contributed by atoms with Crippen LogP contribution < -0.4 is 14.2 Å². The largest absolute Gasteiger partial charge is 0.497 e. The third-order valence-electron chi connectivity index (χ3n) is 2.49. The quantitative estimate of drug-likeness (QED) is 0.754. The zero-order valence-corrected chi connectivity index (χ0v) is 12.2. The maximum absolute atomic E-state index is 5.63. The van der Waals surface area contributed by atoms with E-state index < -0.39 is 0 Å². The van der Waals surface area contributed by atoms with Crippen LogP contribution in [-0.2, 0) is 0 Å². The van der Waals surface area contributed by atoms with Crippen molar-refractivity contribution in [3.8, 4) is 17.2 Å². The van der Waals surface area contributed by atoms with Crippen LogP contribution in [0.3, 0.4) is 0 Å². The summed E-state index contributed by atoms with van der Waals surface area (Å²) >= 11 is 3.44. The van der Waals surface area contributed by atoms with Crippen LogP contribution in [0, 0.1) is 0 Å². The number of benzene rings is 2. The molecule has 0 heterocycles. The molecule has 3 nitrogen and oxygen atoms in total. The topological polar surface area (TPSA) is 27.7 Å². The fraction of sp³-hybridized carbons (Fsp3) is 0.200. The van der Waals surface area contributed by atoms with E-state index in [9.17, 15) is 0 Å². The number of halogens is 1. The Kier molecular flexibility index (Phi) is 5.10. The van der Waals surface area contributed by atoms with Crippen LogP contribution in [0.1, 0.15) is 0 Å². The van der Waals surface area contributed by atoms with Crippen LogP contribution in [0.25, 0.3) is 0 Å².